The molecule has 2 N–H and O–H groups in total. The lowest BCUT2D eigenvalue weighted by Crippen LogP contribution is -2.38. The number of rotatable bonds is 8. The molecule has 2 aromatic rings. The Morgan fingerprint density at radius 3 is 2.41 bits per heavy atom. The van der Waals surface area contributed by atoms with Crippen molar-refractivity contribution in [3.8, 4) is 11.5 Å². The van der Waals surface area contributed by atoms with Crippen molar-refractivity contribution >= 4 is 33.4 Å². The number of phenolic OH excluding ortho intramolecular Hbond substituents is 1. The minimum Gasteiger partial charge on any atom is -0.504 e. The molecule has 3 rings (SSSR count). The van der Waals surface area contributed by atoms with Crippen LogP contribution >= 0.6 is 15.9 Å². The third kappa shape index (κ3) is 6.51. The molecule has 8 heteroatoms. The van der Waals surface area contributed by atoms with Gasteiger partial charge in [0.15, 0.2) is 11.5 Å². The molecule has 0 aliphatic carbocycles. The molecule has 0 radical (unpaired) electrons. The molecule has 1 aliphatic rings. The number of ether oxygens (including phenoxy) is 1. The van der Waals surface area contributed by atoms with Crippen LogP contribution in [0.5, 0.6) is 11.5 Å². The summed E-state index contributed by atoms with van der Waals surface area (Å²) in [5.41, 5.74) is 4.01. The smallest absolute Gasteiger partial charge is 0.238 e. The summed E-state index contributed by atoms with van der Waals surface area (Å²) >= 11 is 3.42. The average Bonchev–Trinajstić information content (AvgIpc) is 3.06. The maximum atomic E-state index is 13.0. The summed E-state index contributed by atoms with van der Waals surface area (Å²) in [7, 11) is 1.48. The number of aromatic hydroxyl groups is 1. The van der Waals surface area contributed by atoms with Gasteiger partial charge in [0.1, 0.15) is 0 Å². The highest BCUT2D eigenvalue weighted by molar-refractivity contribution is 9.10. The number of carbonyl (C=O) groups excluding carboxylic acids is 2. The number of methoxy groups -OCH3 is 1. The summed E-state index contributed by atoms with van der Waals surface area (Å²) in [5, 5.41) is 13.0. The van der Waals surface area contributed by atoms with E-state index in [2.05, 4.69) is 52.1 Å². The lowest BCUT2D eigenvalue weighted by Gasteiger charge is -2.22. The van der Waals surface area contributed by atoms with E-state index in [1.165, 1.54) is 7.11 Å². The van der Waals surface area contributed by atoms with Crippen LogP contribution in [0, 0.1) is 0 Å². The standard InChI is InChI=1S/C26H34BrN3O4/c1-4-18-8-6-9-19(5-2)26(18)28-24(32)17-29-10-7-11-30(13-12-29)25(33)15-20-14-23(34-3)22(31)16-21(20)27/h6,8-9,14,16,31H,4-5,7,10-13,15,17H2,1-3H3,(H,28,32). The monoisotopic (exact) mass is 531 g/mol. The Kier molecular flexibility index (Phi) is 9.36. The molecule has 1 saturated heterocycles. The van der Waals surface area contributed by atoms with E-state index in [4.69, 9.17) is 4.74 Å². The first-order valence-electron chi connectivity index (χ1n) is 11.8. The van der Waals surface area contributed by atoms with Crippen LogP contribution in [0.3, 0.4) is 0 Å². The second-order valence-electron chi connectivity index (χ2n) is 8.51. The number of hydrogen-bond donors (Lipinski definition) is 2. The predicted octanol–water partition coefficient (Wildman–Crippen LogP) is 4.00. The van der Waals surface area contributed by atoms with Crippen molar-refractivity contribution in [1.82, 2.24) is 9.80 Å². The van der Waals surface area contributed by atoms with Gasteiger partial charge in [-0.3, -0.25) is 14.5 Å². The second kappa shape index (κ2) is 12.2. The molecule has 0 atom stereocenters. The van der Waals surface area contributed by atoms with Crippen molar-refractivity contribution in [3.63, 3.8) is 0 Å². The van der Waals surface area contributed by atoms with E-state index >= 15 is 0 Å². The Labute approximate surface area is 210 Å². The molecular weight excluding hydrogens is 498 g/mol. The summed E-state index contributed by atoms with van der Waals surface area (Å²) < 4.78 is 5.84. The SMILES string of the molecule is CCc1cccc(CC)c1NC(=O)CN1CCCN(C(=O)Cc2cc(OC)c(O)cc2Br)CC1. The van der Waals surface area contributed by atoms with Gasteiger partial charge >= 0.3 is 0 Å². The number of carbonyl (C=O) groups is 2. The molecule has 1 heterocycles. The predicted molar refractivity (Wildman–Crippen MR) is 138 cm³/mol. The lowest BCUT2D eigenvalue weighted by molar-refractivity contribution is -0.130. The van der Waals surface area contributed by atoms with E-state index in [1.807, 2.05) is 11.0 Å². The molecule has 0 bridgehead atoms. The molecule has 34 heavy (non-hydrogen) atoms. The first kappa shape index (κ1) is 26.0. The molecule has 7 nitrogen and oxygen atoms in total. The summed E-state index contributed by atoms with van der Waals surface area (Å²) in [6.45, 7) is 7.14. The fourth-order valence-electron chi connectivity index (χ4n) is 4.32. The number of nitrogens with zero attached hydrogens (tertiary/aromatic N) is 2. The zero-order chi connectivity index (χ0) is 24.7. The minimum atomic E-state index is -0.0181. The summed E-state index contributed by atoms with van der Waals surface area (Å²) in [4.78, 5) is 29.8. The van der Waals surface area contributed by atoms with Gasteiger partial charge in [0.05, 0.1) is 20.1 Å². The fourth-order valence-corrected chi connectivity index (χ4v) is 4.79. The van der Waals surface area contributed by atoms with Crippen molar-refractivity contribution < 1.29 is 19.4 Å². The van der Waals surface area contributed by atoms with Crippen molar-refractivity contribution in [3.05, 3.63) is 51.5 Å². The van der Waals surface area contributed by atoms with Gasteiger partial charge in [-0.05, 0) is 48.1 Å². The van der Waals surface area contributed by atoms with E-state index < -0.39 is 0 Å². The van der Waals surface area contributed by atoms with Crippen molar-refractivity contribution in [2.45, 2.75) is 39.5 Å². The highest BCUT2D eigenvalue weighted by Gasteiger charge is 2.22. The van der Waals surface area contributed by atoms with Gasteiger partial charge in [0.25, 0.3) is 0 Å². The Bertz CT molecular complexity index is 1010. The highest BCUT2D eigenvalue weighted by Crippen LogP contribution is 2.32. The summed E-state index contributed by atoms with van der Waals surface area (Å²) in [6, 6.07) is 9.40. The van der Waals surface area contributed by atoms with Crippen LogP contribution in [0.1, 0.15) is 37.0 Å². The van der Waals surface area contributed by atoms with Gasteiger partial charge in [-0.2, -0.15) is 0 Å². The van der Waals surface area contributed by atoms with Gasteiger partial charge < -0.3 is 20.1 Å². The third-order valence-electron chi connectivity index (χ3n) is 6.26. The van der Waals surface area contributed by atoms with Crippen molar-refractivity contribution in [2.75, 3.05) is 45.2 Å². The highest BCUT2D eigenvalue weighted by atomic mass is 79.9. The van der Waals surface area contributed by atoms with Crippen molar-refractivity contribution in [2.24, 2.45) is 0 Å². The van der Waals surface area contributed by atoms with Crippen LogP contribution in [-0.2, 0) is 28.9 Å². The van der Waals surface area contributed by atoms with Crippen LogP contribution in [0.4, 0.5) is 5.69 Å². The van der Waals surface area contributed by atoms with Crippen LogP contribution in [0.15, 0.2) is 34.8 Å². The Balaban J connectivity index is 1.57. The van der Waals surface area contributed by atoms with Crippen LogP contribution in [0.25, 0.3) is 0 Å². The lowest BCUT2D eigenvalue weighted by atomic mass is 10.0. The second-order valence-corrected chi connectivity index (χ2v) is 9.36. The van der Waals surface area contributed by atoms with E-state index in [0.29, 0.717) is 36.4 Å². The van der Waals surface area contributed by atoms with E-state index in [1.54, 1.807) is 12.1 Å². The van der Waals surface area contributed by atoms with Crippen LogP contribution in [0.2, 0.25) is 0 Å². The minimum absolute atomic E-state index is 0.0178. The fraction of sp³-hybridized carbons (Fsp3) is 0.462. The maximum absolute atomic E-state index is 13.0. The summed E-state index contributed by atoms with van der Waals surface area (Å²) in [6.07, 6.45) is 2.76. The molecule has 1 fully saturated rings. The molecule has 0 aromatic heterocycles. The molecule has 2 aromatic carbocycles. The molecular formula is C26H34BrN3O4. The van der Waals surface area contributed by atoms with Gasteiger partial charge in [-0.25, -0.2) is 0 Å². The molecule has 2 amide bonds. The zero-order valence-electron chi connectivity index (χ0n) is 20.2. The largest absolute Gasteiger partial charge is 0.504 e. The number of para-hydroxylation sites is 1. The Morgan fingerprint density at radius 1 is 1.06 bits per heavy atom. The number of phenols is 1. The third-order valence-corrected chi connectivity index (χ3v) is 7.00. The zero-order valence-corrected chi connectivity index (χ0v) is 21.8. The van der Waals surface area contributed by atoms with E-state index in [0.717, 1.165) is 48.2 Å². The number of halogens is 1. The number of amides is 2. The molecule has 0 spiro atoms. The number of anilines is 1. The van der Waals surface area contributed by atoms with E-state index in [-0.39, 0.29) is 24.0 Å². The quantitative estimate of drug-likeness (QED) is 0.537. The maximum Gasteiger partial charge on any atom is 0.238 e. The number of nitrogens with one attached hydrogen (secondary N) is 1. The molecule has 1 aliphatic heterocycles. The molecule has 184 valence electrons. The molecule has 0 unspecified atom stereocenters. The number of benzene rings is 2. The average molecular weight is 532 g/mol. The topological polar surface area (TPSA) is 82.1 Å². The van der Waals surface area contributed by atoms with Crippen LogP contribution in [-0.4, -0.2) is 66.6 Å². The van der Waals surface area contributed by atoms with Crippen molar-refractivity contribution in [1.29, 1.82) is 0 Å². The normalized spacial score (nSPS) is 14.5. The van der Waals surface area contributed by atoms with Gasteiger partial charge in [0, 0.05) is 36.3 Å². The summed E-state index contributed by atoms with van der Waals surface area (Å²) in [5.74, 6) is 0.372. The first-order chi connectivity index (χ1) is 16.4. The number of aryl methyl sites for hydroxylation is 2. The van der Waals surface area contributed by atoms with Gasteiger partial charge in [0.2, 0.25) is 11.8 Å². The Morgan fingerprint density at radius 2 is 1.76 bits per heavy atom. The Hall–Kier alpha value is -2.58. The molecule has 0 saturated carbocycles. The van der Waals surface area contributed by atoms with Crippen LogP contribution < -0.4 is 10.1 Å². The first-order valence-corrected chi connectivity index (χ1v) is 12.6. The van der Waals surface area contributed by atoms with Gasteiger partial charge in [-0.1, -0.05) is 48.0 Å². The van der Waals surface area contributed by atoms with Gasteiger partial charge in [-0.15, -0.1) is 0 Å². The van der Waals surface area contributed by atoms with E-state index in [9.17, 15) is 14.7 Å². The number of hydrogen-bond acceptors (Lipinski definition) is 5.